The molecule has 8 nitrogen and oxygen atoms in total. The highest BCUT2D eigenvalue weighted by Gasteiger charge is 2.20. The molecule has 0 aliphatic heterocycles. The van der Waals surface area contributed by atoms with E-state index in [0.717, 1.165) is 25.7 Å². The minimum absolute atomic E-state index is 0.200. The quantitative estimate of drug-likeness (QED) is 0.0213. The first-order valence-electron chi connectivity index (χ1n) is 23.4. The summed E-state index contributed by atoms with van der Waals surface area (Å²) in [6, 6.07) is 20.0. The predicted octanol–water partition coefficient (Wildman–Crippen LogP) is 14.6. The van der Waals surface area contributed by atoms with Crippen molar-refractivity contribution in [2.75, 3.05) is 13.2 Å². The largest absolute Gasteiger partial charge is 0.494 e. The Morgan fingerprint density at radius 2 is 0.726 bits per heavy atom. The number of benzene rings is 4. The van der Waals surface area contributed by atoms with Crippen molar-refractivity contribution >= 4 is 24.5 Å². The van der Waals surface area contributed by atoms with Crippen LogP contribution in [0.5, 0.6) is 23.0 Å². The molecule has 0 aromatic heterocycles. The van der Waals surface area contributed by atoms with E-state index in [1.165, 1.54) is 115 Å². The zero-order valence-corrected chi connectivity index (χ0v) is 37.9. The third-order valence-electron chi connectivity index (χ3n) is 11.3. The van der Waals surface area contributed by atoms with Crippen molar-refractivity contribution in [1.29, 1.82) is 0 Å². The number of carbonyl (C=O) groups is 4. The molecule has 334 valence electrons. The van der Waals surface area contributed by atoms with Crippen LogP contribution in [0, 0.1) is 13.8 Å². The molecular weight excluding hydrogens is 777 g/mol. The van der Waals surface area contributed by atoms with Gasteiger partial charge in [-0.1, -0.05) is 129 Å². The molecule has 4 aromatic rings. The lowest BCUT2D eigenvalue weighted by atomic mass is 9.89. The Morgan fingerprint density at radius 1 is 0.419 bits per heavy atom. The molecule has 0 radical (unpaired) electrons. The highest BCUT2D eigenvalue weighted by atomic mass is 16.5. The van der Waals surface area contributed by atoms with Crippen LogP contribution >= 0.6 is 0 Å². The van der Waals surface area contributed by atoms with Gasteiger partial charge in [-0.3, -0.25) is 9.59 Å². The molecule has 0 aliphatic carbocycles. The van der Waals surface area contributed by atoms with Gasteiger partial charge in [0.25, 0.3) is 0 Å². The number of ether oxygens (including phenoxy) is 4. The highest BCUT2D eigenvalue weighted by molar-refractivity contribution is 5.99. The van der Waals surface area contributed by atoms with Crippen LogP contribution < -0.4 is 18.9 Å². The van der Waals surface area contributed by atoms with E-state index in [-0.39, 0.29) is 22.6 Å². The van der Waals surface area contributed by atoms with Crippen molar-refractivity contribution in [2.45, 2.75) is 156 Å². The van der Waals surface area contributed by atoms with Gasteiger partial charge in [-0.05, 0) is 122 Å². The van der Waals surface area contributed by atoms with Gasteiger partial charge in [-0.2, -0.15) is 0 Å². The number of hydrogen-bond acceptors (Lipinski definition) is 8. The summed E-state index contributed by atoms with van der Waals surface area (Å²) < 4.78 is 23.2. The lowest BCUT2D eigenvalue weighted by Gasteiger charge is -2.17. The minimum atomic E-state index is -0.572. The van der Waals surface area contributed by atoms with Crippen LogP contribution in [0.3, 0.4) is 0 Å². The monoisotopic (exact) mass is 847 g/mol. The van der Waals surface area contributed by atoms with Crippen molar-refractivity contribution in [3.05, 3.63) is 106 Å². The SMILES string of the molecule is CCCCCCCCCCCCOc1ccc(C(=O)Oc2cc(C)c(-c3c(C)cc(OC(=O)c4ccc(OCCCCCCCCCCCC)cc4)cc3C=O)c(C=O)c2)cc1. The fourth-order valence-corrected chi connectivity index (χ4v) is 7.81. The average Bonchev–Trinajstić information content (AvgIpc) is 3.27. The van der Waals surface area contributed by atoms with Crippen LogP contribution in [0.2, 0.25) is 0 Å². The maximum absolute atomic E-state index is 13.1. The van der Waals surface area contributed by atoms with Crippen LogP contribution in [0.1, 0.15) is 195 Å². The molecule has 0 unspecified atom stereocenters. The van der Waals surface area contributed by atoms with Crippen molar-refractivity contribution in [2.24, 2.45) is 0 Å². The molecule has 8 heteroatoms. The van der Waals surface area contributed by atoms with Crippen LogP contribution in [0.25, 0.3) is 11.1 Å². The minimum Gasteiger partial charge on any atom is -0.494 e. The second-order valence-corrected chi connectivity index (χ2v) is 16.5. The fraction of sp³-hybridized carbons (Fsp3) is 0.481. The fourth-order valence-electron chi connectivity index (χ4n) is 7.81. The molecule has 0 saturated heterocycles. The lowest BCUT2D eigenvalue weighted by molar-refractivity contribution is 0.0724. The van der Waals surface area contributed by atoms with Gasteiger partial charge in [0.1, 0.15) is 23.0 Å². The van der Waals surface area contributed by atoms with Gasteiger partial charge in [0, 0.05) is 11.1 Å². The number of aryl methyl sites for hydroxylation is 2. The van der Waals surface area contributed by atoms with E-state index >= 15 is 0 Å². The van der Waals surface area contributed by atoms with Crippen molar-refractivity contribution in [3.63, 3.8) is 0 Å². The molecule has 0 aliphatic rings. The van der Waals surface area contributed by atoms with Gasteiger partial charge in [0.15, 0.2) is 12.6 Å². The lowest BCUT2D eigenvalue weighted by Crippen LogP contribution is -2.10. The van der Waals surface area contributed by atoms with Crippen LogP contribution in [0.15, 0.2) is 72.8 Å². The first-order chi connectivity index (χ1) is 30.3. The summed E-state index contributed by atoms with van der Waals surface area (Å²) in [5, 5.41) is 0. The number of rotatable bonds is 31. The van der Waals surface area contributed by atoms with Gasteiger partial charge in [0.2, 0.25) is 0 Å². The van der Waals surface area contributed by atoms with Crippen LogP contribution in [-0.2, 0) is 0 Å². The molecule has 4 aromatic carbocycles. The average molecular weight is 847 g/mol. The molecule has 0 saturated carbocycles. The molecule has 4 rings (SSSR count). The number of carbonyl (C=O) groups excluding carboxylic acids is 4. The van der Waals surface area contributed by atoms with Crippen LogP contribution in [0.4, 0.5) is 0 Å². The number of hydrogen-bond donors (Lipinski definition) is 0. The topological polar surface area (TPSA) is 105 Å². The van der Waals surface area contributed by atoms with Crippen molar-refractivity contribution in [1.82, 2.24) is 0 Å². The molecule has 0 atom stereocenters. The van der Waals surface area contributed by atoms with Crippen molar-refractivity contribution in [3.8, 4) is 34.1 Å². The third kappa shape index (κ3) is 16.9. The molecule has 0 bridgehead atoms. The van der Waals surface area contributed by atoms with Gasteiger partial charge in [0.05, 0.1) is 24.3 Å². The Morgan fingerprint density at radius 3 is 1.03 bits per heavy atom. The van der Waals surface area contributed by atoms with E-state index in [9.17, 15) is 19.2 Å². The predicted molar refractivity (Wildman–Crippen MR) is 250 cm³/mol. The summed E-state index contributed by atoms with van der Waals surface area (Å²) in [7, 11) is 0. The molecule has 0 spiro atoms. The summed E-state index contributed by atoms with van der Waals surface area (Å²) >= 11 is 0. The van der Waals surface area contributed by atoms with E-state index in [1.54, 1.807) is 74.5 Å². The third-order valence-corrected chi connectivity index (χ3v) is 11.3. The van der Waals surface area contributed by atoms with E-state index in [0.29, 0.717) is 70.7 Å². The smallest absolute Gasteiger partial charge is 0.343 e. The van der Waals surface area contributed by atoms with Crippen molar-refractivity contribution < 1.29 is 38.1 Å². The van der Waals surface area contributed by atoms with Gasteiger partial charge in [-0.25, -0.2) is 9.59 Å². The maximum atomic E-state index is 13.1. The molecule has 62 heavy (non-hydrogen) atoms. The zero-order valence-electron chi connectivity index (χ0n) is 37.9. The Hall–Kier alpha value is -5.24. The second kappa shape index (κ2) is 28.4. The number of esters is 2. The molecule has 0 amide bonds. The number of aldehydes is 2. The molecular formula is C54H70O8. The number of unbranched alkanes of at least 4 members (excludes halogenated alkanes) is 18. The first kappa shape index (κ1) is 49.4. The standard InChI is InChI=1S/C54H70O8/c1-5-7-9-11-13-15-17-19-21-23-33-59-47-29-25-43(26-30-47)53(57)61-49-35-41(3)51(45(37-49)39-55)52-42(4)36-50(38-46(52)40-56)62-54(58)44-27-31-48(32-28-44)60-34-24-22-20-18-16-14-12-10-8-6-2/h25-32,35-40H,5-24,33-34H2,1-4H3. The van der Waals surface area contributed by atoms with E-state index < -0.39 is 11.9 Å². The van der Waals surface area contributed by atoms with E-state index in [1.807, 2.05) is 0 Å². The Balaban J connectivity index is 1.27. The summed E-state index contributed by atoms with van der Waals surface area (Å²) in [6.07, 6.45) is 26.5. The van der Waals surface area contributed by atoms with E-state index in [2.05, 4.69) is 13.8 Å². The highest BCUT2D eigenvalue weighted by Crippen LogP contribution is 2.37. The molecule has 0 heterocycles. The zero-order chi connectivity index (χ0) is 44.4. The molecule has 0 N–H and O–H groups in total. The first-order valence-corrected chi connectivity index (χ1v) is 23.4. The molecule has 0 fully saturated rings. The van der Waals surface area contributed by atoms with Gasteiger partial charge in [-0.15, -0.1) is 0 Å². The summed E-state index contributed by atoms with van der Waals surface area (Å²) in [5.41, 5.74) is 3.48. The summed E-state index contributed by atoms with van der Waals surface area (Å²) in [6.45, 7) is 9.32. The van der Waals surface area contributed by atoms with Gasteiger partial charge < -0.3 is 18.9 Å². The van der Waals surface area contributed by atoms with Gasteiger partial charge >= 0.3 is 11.9 Å². The Labute approximate surface area is 371 Å². The Kier molecular flexibility index (Phi) is 22.6. The summed E-state index contributed by atoms with van der Waals surface area (Å²) in [5.74, 6) is 0.640. The normalized spacial score (nSPS) is 11.0. The second-order valence-electron chi connectivity index (χ2n) is 16.5. The van der Waals surface area contributed by atoms with E-state index in [4.69, 9.17) is 18.9 Å². The van der Waals surface area contributed by atoms with Crippen LogP contribution in [-0.4, -0.2) is 37.7 Å². The Bertz CT molecular complexity index is 1820. The maximum Gasteiger partial charge on any atom is 0.343 e. The summed E-state index contributed by atoms with van der Waals surface area (Å²) in [4.78, 5) is 51.2.